The predicted octanol–water partition coefficient (Wildman–Crippen LogP) is 2.60. The molecule has 0 aromatic heterocycles. The third kappa shape index (κ3) is 1.36. The molecule has 2 aliphatic heterocycles. The summed E-state index contributed by atoms with van der Waals surface area (Å²) in [4.78, 5) is 2.48. The molecule has 80 valence electrons. The van der Waals surface area contributed by atoms with Crippen LogP contribution in [-0.4, -0.2) is 19.7 Å². The van der Waals surface area contributed by atoms with Crippen LogP contribution in [0, 0.1) is 5.92 Å². The first-order valence-electron chi connectivity index (χ1n) is 5.85. The molecule has 0 spiro atoms. The van der Waals surface area contributed by atoms with E-state index in [1.54, 1.807) is 0 Å². The van der Waals surface area contributed by atoms with Crippen LogP contribution in [0.15, 0.2) is 24.3 Å². The van der Waals surface area contributed by atoms with Gasteiger partial charge in [-0.05, 0) is 19.4 Å². The minimum Gasteiger partial charge on any atom is -0.373 e. The van der Waals surface area contributed by atoms with Crippen LogP contribution in [0.1, 0.15) is 25.0 Å². The van der Waals surface area contributed by atoms with Crippen LogP contribution in [0.5, 0.6) is 0 Å². The highest BCUT2D eigenvalue weighted by atomic mass is 16.5. The molecule has 0 N–H and O–H groups in total. The number of rotatable bonds is 1. The van der Waals surface area contributed by atoms with Gasteiger partial charge in [0.2, 0.25) is 0 Å². The van der Waals surface area contributed by atoms with Crippen LogP contribution in [0.25, 0.3) is 0 Å². The van der Waals surface area contributed by atoms with E-state index in [-0.39, 0.29) is 0 Å². The van der Waals surface area contributed by atoms with Gasteiger partial charge in [-0.3, -0.25) is 0 Å². The van der Waals surface area contributed by atoms with Crippen LogP contribution in [0.4, 0.5) is 5.69 Å². The molecule has 1 saturated heterocycles. The molecule has 3 rings (SSSR count). The lowest BCUT2D eigenvalue weighted by molar-refractivity contribution is 0.0887. The smallest absolute Gasteiger partial charge is 0.0890 e. The zero-order chi connectivity index (χ0) is 10.3. The Kier molecular flexibility index (Phi) is 2.17. The molecule has 1 aromatic rings. The van der Waals surface area contributed by atoms with Crippen LogP contribution < -0.4 is 4.90 Å². The standard InChI is InChI=1S/C13H17NO/c1-2-14-9-10-7-8-15-13(10)11-5-3-4-6-12(11)14/h3-6,10,13H,2,7-9H2,1H3/t10-,13-/m0/s1. The van der Waals surface area contributed by atoms with E-state index in [9.17, 15) is 0 Å². The van der Waals surface area contributed by atoms with E-state index >= 15 is 0 Å². The Hall–Kier alpha value is -1.02. The minimum atomic E-state index is 0.365. The third-order valence-corrected chi connectivity index (χ3v) is 3.63. The van der Waals surface area contributed by atoms with E-state index in [0.29, 0.717) is 12.0 Å². The molecule has 2 nitrogen and oxygen atoms in total. The van der Waals surface area contributed by atoms with Crippen molar-refractivity contribution in [2.75, 3.05) is 24.6 Å². The number of nitrogens with zero attached hydrogens (tertiary/aromatic N) is 1. The molecule has 2 heteroatoms. The molecule has 0 aliphatic carbocycles. The quantitative estimate of drug-likeness (QED) is 0.695. The maximum atomic E-state index is 5.85. The number of para-hydroxylation sites is 1. The maximum absolute atomic E-state index is 5.85. The van der Waals surface area contributed by atoms with E-state index < -0.39 is 0 Å². The molecule has 2 heterocycles. The molecule has 0 radical (unpaired) electrons. The van der Waals surface area contributed by atoms with E-state index in [0.717, 1.165) is 19.7 Å². The summed E-state index contributed by atoms with van der Waals surface area (Å²) in [6.45, 7) is 5.42. The van der Waals surface area contributed by atoms with Gasteiger partial charge in [-0.2, -0.15) is 0 Å². The molecule has 0 unspecified atom stereocenters. The van der Waals surface area contributed by atoms with Crippen LogP contribution >= 0.6 is 0 Å². The van der Waals surface area contributed by atoms with Gasteiger partial charge in [-0.1, -0.05) is 18.2 Å². The molecule has 1 fully saturated rings. The lowest BCUT2D eigenvalue weighted by Gasteiger charge is -2.36. The topological polar surface area (TPSA) is 12.5 Å². The lowest BCUT2D eigenvalue weighted by Crippen LogP contribution is -2.35. The largest absolute Gasteiger partial charge is 0.373 e. The van der Waals surface area contributed by atoms with Crippen LogP contribution in [0.2, 0.25) is 0 Å². The van der Waals surface area contributed by atoms with E-state index in [2.05, 4.69) is 36.1 Å². The SMILES string of the molecule is CCN1C[C@@H]2CCO[C@@H]2c2ccccc21. The van der Waals surface area contributed by atoms with Gasteiger partial charge in [-0.15, -0.1) is 0 Å². The Morgan fingerprint density at radius 2 is 2.27 bits per heavy atom. The summed E-state index contributed by atoms with van der Waals surface area (Å²) < 4.78 is 5.85. The number of hydrogen-bond acceptors (Lipinski definition) is 2. The fraction of sp³-hybridized carbons (Fsp3) is 0.538. The maximum Gasteiger partial charge on any atom is 0.0890 e. The Morgan fingerprint density at radius 1 is 1.40 bits per heavy atom. The van der Waals surface area contributed by atoms with Crippen molar-refractivity contribution in [3.63, 3.8) is 0 Å². The van der Waals surface area contributed by atoms with E-state index in [1.807, 2.05) is 0 Å². The summed E-state index contributed by atoms with van der Waals surface area (Å²) in [5.41, 5.74) is 2.77. The fourth-order valence-corrected chi connectivity index (χ4v) is 2.86. The number of ether oxygens (including phenoxy) is 1. The number of benzene rings is 1. The zero-order valence-electron chi connectivity index (χ0n) is 9.15. The van der Waals surface area contributed by atoms with Crippen molar-refractivity contribution in [2.24, 2.45) is 5.92 Å². The predicted molar refractivity (Wildman–Crippen MR) is 61.1 cm³/mol. The van der Waals surface area contributed by atoms with Crippen molar-refractivity contribution in [1.29, 1.82) is 0 Å². The normalized spacial score (nSPS) is 28.7. The van der Waals surface area contributed by atoms with Crippen molar-refractivity contribution >= 4 is 5.69 Å². The highest BCUT2D eigenvalue weighted by molar-refractivity contribution is 5.57. The molecule has 1 aromatic carbocycles. The molecular weight excluding hydrogens is 186 g/mol. The molecule has 0 bridgehead atoms. The average Bonchev–Trinajstić information content (AvgIpc) is 2.76. The minimum absolute atomic E-state index is 0.365. The van der Waals surface area contributed by atoms with Crippen LogP contribution in [-0.2, 0) is 4.74 Å². The van der Waals surface area contributed by atoms with E-state index in [4.69, 9.17) is 4.74 Å². The summed E-state index contributed by atoms with van der Waals surface area (Å²) in [5.74, 6) is 0.708. The third-order valence-electron chi connectivity index (χ3n) is 3.63. The molecular formula is C13H17NO. The van der Waals surface area contributed by atoms with Gasteiger partial charge in [0, 0.05) is 36.9 Å². The lowest BCUT2D eigenvalue weighted by atomic mass is 9.89. The number of anilines is 1. The van der Waals surface area contributed by atoms with Gasteiger partial charge in [0.1, 0.15) is 0 Å². The Bertz CT molecular complexity index is 363. The number of hydrogen-bond donors (Lipinski definition) is 0. The highest BCUT2D eigenvalue weighted by Gasteiger charge is 2.36. The van der Waals surface area contributed by atoms with Gasteiger partial charge in [0.05, 0.1) is 6.10 Å². The second-order valence-corrected chi connectivity index (χ2v) is 4.44. The Morgan fingerprint density at radius 3 is 3.13 bits per heavy atom. The molecule has 0 amide bonds. The van der Waals surface area contributed by atoms with Crippen molar-refractivity contribution in [3.8, 4) is 0 Å². The molecule has 15 heavy (non-hydrogen) atoms. The fourth-order valence-electron chi connectivity index (χ4n) is 2.86. The Labute approximate surface area is 90.8 Å². The first-order valence-corrected chi connectivity index (χ1v) is 5.85. The van der Waals surface area contributed by atoms with Crippen LogP contribution in [0.3, 0.4) is 0 Å². The highest BCUT2D eigenvalue weighted by Crippen LogP contribution is 2.43. The van der Waals surface area contributed by atoms with Gasteiger partial charge in [-0.25, -0.2) is 0 Å². The number of fused-ring (bicyclic) bond motifs is 3. The molecule has 0 saturated carbocycles. The van der Waals surface area contributed by atoms with Gasteiger partial charge in [0.25, 0.3) is 0 Å². The van der Waals surface area contributed by atoms with Gasteiger partial charge >= 0.3 is 0 Å². The Balaban J connectivity index is 2.06. The van der Waals surface area contributed by atoms with Crippen molar-refractivity contribution in [1.82, 2.24) is 0 Å². The van der Waals surface area contributed by atoms with Crippen molar-refractivity contribution < 1.29 is 4.74 Å². The average molecular weight is 203 g/mol. The molecule has 2 aliphatic rings. The van der Waals surface area contributed by atoms with Crippen molar-refractivity contribution in [3.05, 3.63) is 29.8 Å². The van der Waals surface area contributed by atoms with Gasteiger partial charge in [0.15, 0.2) is 0 Å². The first-order chi connectivity index (χ1) is 7.40. The second kappa shape index (κ2) is 3.53. The zero-order valence-corrected chi connectivity index (χ0v) is 9.15. The van der Waals surface area contributed by atoms with E-state index in [1.165, 1.54) is 17.7 Å². The monoisotopic (exact) mass is 203 g/mol. The van der Waals surface area contributed by atoms with Crippen molar-refractivity contribution in [2.45, 2.75) is 19.4 Å². The molecule has 2 atom stereocenters. The summed E-state index contributed by atoms with van der Waals surface area (Å²) >= 11 is 0. The summed E-state index contributed by atoms with van der Waals surface area (Å²) in [5, 5.41) is 0. The first kappa shape index (κ1) is 9.22. The summed E-state index contributed by atoms with van der Waals surface area (Å²) in [6.07, 6.45) is 1.58. The second-order valence-electron chi connectivity index (χ2n) is 4.44. The summed E-state index contributed by atoms with van der Waals surface area (Å²) in [7, 11) is 0. The summed E-state index contributed by atoms with van der Waals surface area (Å²) in [6, 6.07) is 8.68. The van der Waals surface area contributed by atoms with Gasteiger partial charge < -0.3 is 9.64 Å².